The van der Waals surface area contributed by atoms with Gasteiger partial charge in [0, 0.05) is 6.42 Å². The van der Waals surface area contributed by atoms with Crippen molar-refractivity contribution in [2.45, 2.75) is 50.4 Å². The number of nitrogens with one attached hydrogen (secondary N) is 3. The summed E-state index contributed by atoms with van der Waals surface area (Å²) < 4.78 is 0. The molecule has 2 aromatic rings. The number of carboxylic acids is 2. The van der Waals surface area contributed by atoms with Crippen LogP contribution >= 0.6 is 0 Å². The van der Waals surface area contributed by atoms with Gasteiger partial charge in [0.05, 0.1) is 12.5 Å². The molecule has 0 radical (unpaired) electrons. The summed E-state index contributed by atoms with van der Waals surface area (Å²) >= 11 is 0. The van der Waals surface area contributed by atoms with Crippen LogP contribution in [0.3, 0.4) is 0 Å². The average molecular weight is 515 g/mol. The molecule has 0 aliphatic heterocycles. The third-order valence-electron chi connectivity index (χ3n) is 5.39. The zero-order valence-electron chi connectivity index (χ0n) is 20.1. The van der Waals surface area contributed by atoms with Crippen LogP contribution in [0, 0.1) is 0 Å². The lowest BCUT2D eigenvalue weighted by Crippen LogP contribution is -2.57. The Balaban J connectivity index is 1.99. The number of carboxylic acid groups (broad SMARTS) is 2. The number of hydrogen-bond donors (Lipinski definition) is 7. The smallest absolute Gasteiger partial charge is 0.326 e. The van der Waals surface area contributed by atoms with Crippen LogP contribution in [0.25, 0.3) is 0 Å². The molecule has 0 aliphatic carbocycles. The molecule has 0 heterocycles. The summed E-state index contributed by atoms with van der Waals surface area (Å²) in [5, 5.41) is 34.9. The van der Waals surface area contributed by atoms with Gasteiger partial charge in [-0.05, 0) is 36.6 Å². The maximum absolute atomic E-state index is 12.7. The second-order valence-electron chi connectivity index (χ2n) is 8.46. The van der Waals surface area contributed by atoms with E-state index in [1.54, 1.807) is 42.5 Å². The molecule has 0 aliphatic rings. The number of hydrogen-bond acceptors (Lipinski definition) is 7. The minimum absolute atomic E-state index is 0.0131. The number of benzene rings is 2. The first kappa shape index (κ1) is 28.8. The van der Waals surface area contributed by atoms with Gasteiger partial charge in [0.15, 0.2) is 0 Å². The molecule has 2 rings (SSSR count). The maximum atomic E-state index is 12.7. The first-order chi connectivity index (χ1) is 17.5. The lowest BCUT2D eigenvalue weighted by molar-refractivity contribution is -0.143. The van der Waals surface area contributed by atoms with Crippen LogP contribution < -0.4 is 21.7 Å². The van der Waals surface area contributed by atoms with Crippen LogP contribution in [0.1, 0.15) is 24.5 Å². The Morgan fingerprint density at radius 3 is 1.89 bits per heavy atom. The van der Waals surface area contributed by atoms with Crippen molar-refractivity contribution in [2.75, 3.05) is 0 Å². The second-order valence-corrected chi connectivity index (χ2v) is 8.46. The van der Waals surface area contributed by atoms with Crippen molar-refractivity contribution < 1.29 is 39.3 Å². The zero-order valence-corrected chi connectivity index (χ0v) is 20.1. The molecular formula is C25H30N4O8. The SMILES string of the molecule is CC(NC(=O)C(CC(=O)O)NC(=O)C(N)Cc1ccc(O)cc1)C(=O)NC(Cc1ccccc1)C(=O)O. The van der Waals surface area contributed by atoms with E-state index in [1.807, 2.05) is 0 Å². The molecule has 0 aromatic heterocycles. The van der Waals surface area contributed by atoms with Crippen LogP contribution in [0.15, 0.2) is 54.6 Å². The van der Waals surface area contributed by atoms with Crippen molar-refractivity contribution in [1.82, 2.24) is 16.0 Å². The molecular weight excluding hydrogens is 484 g/mol. The number of aromatic hydroxyl groups is 1. The van der Waals surface area contributed by atoms with E-state index < -0.39 is 60.2 Å². The molecule has 0 saturated heterocycles. The summed E-state index contributed by atoms with van der Waals surface area (Å²) in [6.07, 6.45) is -0.701. The van der Waals surface area contributed by atoms with Gasteiger partial charge in [-0.3, -0.25) is 19.2 Å². The number of phenols is 1. The molecule has 4 atom stereocenters. The average Bonchev–Trinajstić information content (AvgIpc) is 2.84. The van der Waals surface area contributed by atoms with E-state index in [-0.39, 0.29) is 18.6 Å². The Morgan fingerprint density at radius 2 is 1.32 bits per heavy atom. The van der Waals surface area contributed by atoms with Crippen molar-refractivity contribution in [3.05, 3.63) is 65.7 Å². The summed E-state index contributed by atoms with van der Waals surface area (Å²) in [4.78, 5) is 60.7. The van der Waals surface area contributed by atoms with Crippen molar-refractivity contribution in [2.24, 2.45) is 5.73 Å². The first-order valence-electron chi connectivity index (χ1n) is 11.4. The quantitative estimate of drug-likeness (QED) is 0.184. The van der Waals surface area contributed by atoms with E-state index in [1.165, 1.54) is 19.1 Å². The lowest BCUT2D eigenvalue weighted by atomic mass is 10.0. The molecule has 3 amide bonds. The topological polar surface area (TPSA) is 208 Å². The Labute approximate surface area is 212 Å². The van der Waals surface area contributed by atoms with Gasteiger partial charge in [-0.2, -0.15) is 0 Å². The highest BCUT2D eigenvalue weighted by Crippen LogP contribution is 2.11. The zero-order chi connectivity index (χ0) is 27.5. The fourth-order valence-electron chi connectivity index (χ4n) is 3.37. The fraction of sp³-hybridized carbons (Fsp3) is 0.320. The van der Waals surface area contributed by atoms with Crippen molar-refractivity contribution in [1.29, 1.82) is 0 Å². The van der Waals surface area contributed by atoms with E-state index in [2.05, 4.69) is 16.0 Å². The number of carbonyl (C=O) groups is 5. The van der Waals surface area contributed by atoms with Crippen LogP contribution in [0.4, 0.5) is 0 Å². The van der Waals surface area contributed by atoms with Gasteiger partial charge in [0.25, 0.3) is 0 Å². The summed E-state index contributed by atoms with van der Waals surface area (Å²) in [5.74, 6) is -5.16. The number of amides is 3. The molecule has 198 valence electrons. The van der Waals surface area contributed by atoms with Gasteiger partial charge in [0.1, 0.15) is 23.9 Å². The molecule has 37 heavy (non-hydrogen) atoms. The Kier molecular flexibility index (Phi) is 10.6. The molecule has 0 bridgehead atoms. The normalized spacial score (nSPS) is 13.9. The Hall–Kier alpha value is -4.45. The molecule has 0 fully saturated rings. The predicted octanol–water partition coefficient (Wildman–Crippen LogP) is -0.462. The molecule has 0 saturated carbocycles. The van der Waals surface area contributed by atoms with E-state index in [4.69, 9.17) is 5.73 Å². The summed E-state index contributed by atoms with van der Waals surface area (Å²) in [5.41, 5.74) is 7.20. The largest absolute Gasteiger partial charge is 0.508 e. The monoisotopic (exact) mass is 514 g/mol. The second kappa shape index (κ2) is 13.6. The van der Waals surface area contributed by atoms with E-state index in [0.717, 1.165) is 0 Å². The highest BCUT2D eigenvalue weighted by atomic mass is 16.4. The van der Waals surface area contributed by atoms with Gasteiger partial charge >= 0.3 is 11.9 Å². The molecule has 8 N–H and O–H groups in total. The van der Waals surface area contributed by atoms with E-state index in [9.17, 15) is 39.3 Å². The minimum atomic E-state index is -1.54. The number of aliphatic carboxylic acids is 2. The minimum Gasteiger partial charge on any atom is -0.508 e. The number of phenolic OH excluding ortho intramolecular Hbond substituents is 1. The third kappa shape index (κ3) is 9.61. The molecule has 4 unspecified atom stereocenters. The highest BCUT2D eigenvalue weighted by Gasteiger charge is 2.29. The summed E-state index contributed by atoms with van der Waals surface area (Å²) in [6, 6.07) is 9.45. The Morgan fingerprint density at radius 1 is 0.757 bits per heavy atom. The first-order valence-corrected chi connectivity index (χ1v) is 11.4. The number of rotatable bonds is 13. The van der Waals surface area contributed by atoms with E-state index in [0.29, 0.717) is 11.1 Å². The standard InChI is InChI=1S/C25H30N4O8/c1-14(22(33)29-20(25(36)37)12-15-5-3-2-4-6-15)27-24(35)19(13-21(31)32)28-23(34)18(26)11-16-7-9-17(30)10-8-16/h2-10,14,18-20,30H,11-13,26H2,1H3,(H,27,35)(H,28,34)(H,29,33)(H,31,32)(H,36,37). The van der Waals surface area contributed by atoms with Gasteiger partial charge in [-0.1, -0.05) is 42.5 Å². The van der Waals surface area contributed by atoms with Crippen LogP contribution in [0.5, 0.6) is 5.75 Å². The third-order valence-corrected chi connectivity index (χ3v) is 5.39. The van der Waals surface area contributed by atoms with Gasteiger partial charge in [-0.15, -0.1) is 0 Å². The van der Waals surface area contributed by atoms with Crippen molar-refractivity contribution in [3.8, 4) is 5.75 Å². The van der Waals surface area contributed by atoms with Crippen LogP contribution in [-0.4, -0.2) is 69.1 Å². The van der Waals surface area contributed by atoms with Gasteiger partial charge in [-0.25, -0.2) is 4.79 Å². The highest BCUT2D eigenvalue weighted by molar-refractivity contribution is 5.95. The van der Waals surface area contributed by atoms with Crippen LogP contribution in [-0.2, 0) is 36.8 Å². The summed E-state index contributed by atoms with van der Waals surface area (Å²) in [6.45, 7) is 1.30. The predicted molar refractivity (Wildman–Crippen MR) is 131 cm³/mol. The van der Waals surface area contributed by atoms with Crippen molar-refractivity contribution in [3.63, 3.8) is 0 Å². The van der Waals surface area contributed by atoms with Gasteiger partial charge in [0.2, 0.25) is 17.7 Å². The van der Waals surface area contributed by atoms with Crippen LogP contribution in [0.2, 0.25) is 0 Å². The number of nitrogens with two attached hydrogens (primary N) is 1. The fourth-order valence-corrected chi connectivity index (χ4v) is 3.37. The molecule has 0 spiro atoms. The number of carbonyl (C=O) groups excluding carboxylic acids is 3. The lowest BCUT2D eigenvalue weighted by Gasteiger charge is -2.23. The van der Waals surface area contributed by atoms with Crippen molar-refractivity contribution >= 4 is 29.7 Å². The van der Waals surface area contributed by atoms with Gasteiger partial charge < -0.3 is 37.0 Å². The maximum Gasteiger partial charge on any atom is 0.326 e. The summed E-state index contributed by atoms with van der Waals surface area (Å²) in [7, 11) is 0. The molecule has 2 aromatic carbocycles. The Bertz CT molecular complexity index is 1110. The molecule has 12 nitrogen and oxygen atoms in total. The molecule has 12 heteroatoms. The van der Waals surface area contributed by atoms with E-state index >= 15 is 0 Å².